The summed E-state index contributed by atoms with van der Waals surface area (Å²) in [6, 6.07) is 6.79. The van der Waals surface area contributed by atoms with Crippen LogP contribution in [0.2, 0.25) is 0 Å². The van der Waals surface area contributed by atoms with Gasteiger partial charge >= 0.3 is 0 Å². The maximum absolute atomic E-state index is 13.2. The van der Waals surface area contributed by atoms with Gasteiger partial charge in [-0.2, -0.15) is 4.31 Å². The van der Waals surface area contributed by atoms with E-state index in [0.29, 0.717) is 18.8 Å². The predicted octanol–water partition coefficient (Wildman–Crippen LogP) is 1.61. The molecule has 2 aliphatic heterocycles. The molecule has 2 fully saturated rings. The number of anilines is 1. The van der Waals surface area contributed by atoms with E-state index in [1.807, 2.05) is 4.57 Å². The van der Waals surface area contributed by atoms with Gasteiger partial charge in [-0.15, -0.1) is 0 Å². The van der Waals surface area contributed by atoms with Crippen molar-refractivity contribution in [3.63, 3.8) is 0 Å². The minimum Gasteiger partial charge on any atom is -0.495 e. The molecule has 1 aromatic carbocycles. The van der Waals surface area contributed by atoms with Crippen LogP contribution in [0.4, 0.5) is 5.82 Å². The number of aromatic nitrogens is 4. The monoisotopic (exact) mass is 428 g/mol. The summed E-state index contributed by atoms with van der Waals surface area (Å²) in [4.78, 5) is 15.8. The summed E-state index contributed by atoms with van der Waals surface area (Å²) in [5.41, 5.74) is 1.64. The molecule has 0 radical (unpaired) electrons. The Morgan fingerprint density at radius 1 is 1.07 bits per heavy atom. The Balaban J connectivity index is 1.37. The standard InChI is InChI=1S/C20H24N6O3S/c1-3-24-13-23-18-19(24)21-12-22-20(18)25-8-14-10-26(11-15(14)9-25)30(27,28)17-7-5-4-6-16(17)29-2/h4-7,12-15H,3,8-11H2,1-2H3. The summed E-state index contributed by atoms with van der Waals surface area (Å²) in [7, 11) is -2.10. The molecule has 5 rings (SSSR count). The predicted molar refractivity (Wildman–Crippen MR) is 112 cm³/mol. The SMILES string of the molecule is CCn1cnc2c(N3CC4CN(S(=O)(=O)c5ccccc5OC)CC4C3)ncnc21. The van der Waals surface area contributed by atoms with Gasteiger partial charge in [0.2, 0.25) is 10.0 Å². The number of methoxy groups -OCH3 is 1. The summed E-state index contributed by atoms with van der Waals surface area (Å²) < 4.78 is 35.3. The van der Waals surface area contributed by atoms with Crippen LogP contribution >= 0.6 is 0 Å². The molecule has 0 amide bonds. The number of sulfonamides is 1. The van der Waals surface area contributed by atoms with Crippen LogP contribution in [0.1, 0.15) is 6.92 Å². The molecule has 2 aliphatic rings. The average Bonchev–Trinajstić information content (AvgIpc) is 3.46. The van der Waals surface area contributed by atoms with E-state index in [1.54, 1.807) is 41.2 Å². The van der Waals surface area contributed by atoms with Gasteiger partial charge < -0.3 is 14.2 Å². The number of fused-ring (bicyclic) bond motifs is 2. The lowest BCUT2D eigenvalue weighted by Crippen LogP contribution is -2.33. The number of imidazole rings is 1. The Labute approximate surface area is 175 Å². The number of benzene rings is 1. The number of para-hydroxylation sites is 1. The van der Waals surface area contributed by atoms with Crippen molar-refractivity contribution in [1.82, 2.24) is 23.8 Å². The maximum Gasteiger partial charge on any atom is 0.246 e. The molecule has 4 heterocycles. The molecule has 0 spiro atoms. The second-order valence-electron chi connectivity index (χ2n) is 7.80. The molecule has 0 aliphatic carbocycles. The van der Waals surface area contributed by atoms with Crippen LogP contribution in [0.25, 0.3) is 11.2 Å². The van der Waals surface area contributed by atoms with E-state index >= 15 is 0 Å². The normalized spacial score (nSPS) is 22.0. The highest BCUT2D eigenvalue weighted by atomic mass is 32.2. The third-order valence-electron chi connectivity index (χ3n) is 6.16. The zero-order valence-corrected chi connectivity index (χ0v) is 17.8. The van der Waals surface area contributed by atoms with Crippen molar-refractivity contribution in [2.24, 2.45) is 11.8 Å². The Kier molecular flexibility index (Phi) is 4.62. The highest BCUT2D eigenvalue weighted by molar-refractivity contribution is 7.89. The molecule has 2 saturated heterocycles. The van der Waals surface area contributed by atoms with Gasteiger partial charge in [0.25, 0.3) is 0 Å². The number of hydrogen-bond donors (Lipinski definition) is 0. The topological polar surface area (TPSA) is 93.5 Å². The van der Waals surface area contributed by atoms with Crippen molar-refractivity contribution in [2.45, 2.75) is 18.4 Å². The maximum atomic E-state index is 13.2. The van der Waals surface area contributed by atoms with E-state index in [4.69, 9.17) is 4.74 Å². The second kappa shape index (κ2) is 7.21. The van der Waals surface area contributed by atoms with Crippen molar-refractivity contribution in [3.8, 4) is 5.75 Å². The van der Waals surface area contributed by atoms with E-state index in [0.717, 1.165) is 36.6 Å². The van der Waals surface area contributed by atoms with Crippen LogP contribution in [-0.2, 0) is 16.6 Å². The molecular weight excluding hydrogens is 404 g/mol. The minimum absolute atomic E-state index is 0.229. The Morgan fingerprint density at radius 3 is 2.50 bits per heavy atom. The molecule has 158 valence electrons. The van der Waals surface area contributed by atoms with Crippen molar-refractivity contribution < 1.29 is 13.2 Å². The Bertz CT molecular complexity index is 1180. The average molecular weight is 429 g/mol. The van der Waals surface area contributed by atoms with Gasteiger partial charge in [-0.25, -0.2) is 23.4 Å². The first kappa shape index (κ1) is 19.3. The zero-order valence-electron chi connectivity index (χ0n) is 17.0. The highest BCUT2D eigenvalue weighted by Crippen LogP contribution is 2.38. The van der Waals surface area contributed by atoms with Gasteiger partial charge in [0, 0.05) is 32.7 Å². The van der Waals surface area contributed by atoms with Crippen LogP contribution in [0.5, 0.6) is 5.75 Å². The number of aryl methyl sites for hydroxylation is 1. The molecule has 3 aromatic rings. The van der Waals surface area contributed by atoms with Gasteiger partial charge in [0.05, 0.1) is 13.4 Å². The number of nitrogens with zero attached hydrogens (tertiary/aromatic N) is 6. The molecule has 10 heteroatoms. The summed E-state index contributed by atoms with van der Waals surface area (Å²) in [6.45, 7) is 5.37. The van der Waals surface area contributed by atoms with Gasteiger partial charge in [-0.1, -0.05) is 12.1 Å². The molecule has 30 heavy (non-hydrogen) atoms. The highest BCUT2D eigenvalue weighted by Gasteiger charge is 2.45. The quantitative estimate of drug-likeness (QED) is 0.609. The number of rotatable bonds is 5. The van der Waals surface area contributed by atoms with E-state index in [1.165, 1.54) is 7.11 Å². The molecule has 0 N–H and O–H groups in total. The molecule has 2 aromatic heterocycles. The van der Waals surface area contributed by atoms with E-state index in [2.05, 4.69) is 26.8 Å². The first-order valence-corrected chi connectivity index (χ1v) is 11.5. The summed E-state index contributed by atoms with van der Waals surface area (Å²) in [5.74, 6) is 1.73. The molecule has 0 saturated carbocycles. The van der Waals surface area contributed by atoms with Crippen LogP contribution in [-0.4, -0.2) is 65.5 Å². The Morgan fingerprint density at radius 2 is 1.80 bits per heavy atom. The lowest BCUT2D eigenvalue weighted by atomic mass is 10.0. The van der Waals surface area contributed by atoms with Crippen molar-refractivity contribution in [1.29, 1.82) is 0 Å². The van der Waals surface area contributed by atoms with Gasteiger partial charge in [-0.05, 0) is 30.9 Å². The lowest BCUT2D eigenvalue weighted by Gasteiger charge is -2.23. The van der Waals surface area contributed by atoms with E-state index in [9.17, 15) is 8.42 Å². The molecule has 2 atom stereocenters. The third kappa shape index (κ3) is 2.93. The fourth-order valence-corrected chi connectivity index (χ4v) is 6.33. The first-order chi connectivity index (χ1) is 14.5. The summed E-state index contributed by atoms with van der Waals surface area (Å²) in [6.07, 6.45) is 3.37. The molecule has 0 bridgehead atoms. The third-order valence-corrected chi connectivity index (χ3v) is 8.03. The Hall–Kier alpha value is -2.72. The number of ether oxygens (including phenoxy) is 1. The van der Waals surface area contributed by atoms with E-state index in [-0.39, 0.29) is 16.7 Å². The van der Waals surface area contributed by atoms with Gasteiger partial charge in [0.15, 0.2) is 17.0 Å². The summed E-state index contributed by atoms with van der Waals surface area (Å²) in [5, 5.41) is 0. The van der Waals surface area contributed by atoms with E-state index < -0.39 is 10.0 Å². The van der Waals surface area contributed by atoms with Crippen LogP contribution in [0.15, 0.2) is 41.8 Å². The first-order valence-electron chi connectivity index (χ1n) is 10.1. The fourth-order valence-electron chi connectivity index (χ4n) is 4.62. The molecule has 9 nitrogen and oxygen atoms in total. The fraction of sp³-hybridized carbons (Fsp3) is 0.450. The smallest absolute Gasteiger partial charge is 0.246 e. The number of hydrogen-bond acceptors (Lipinski definition) is 7. The molecular formula is C20H24N6O3S. The van der Waals surface area contributed by atoms with Crippen molar-refractivity contribution in [3.05, 3.63) is 36.9 Å². The van der Waals surface area contributed by atoms with Crippen LogP contribution in [0.3, 0.4) is 0 Å². The van der Waals surface area contributed by atoms with Crippen LogP contribution < -0.4 is 9.64 Å². The minimum atomic E-state index is -3.59. The van der Waals surface area contributed by atoms with Crippen molar-refractivity contribution >= 4 is 27.0 Å². The lowest BCUT2D eigenvalue weighted by molar-refractivity contribution is 0.396. The van der Waals surface area contributed by atoms with Crippen LogP contribution in [0, 0.1) is 11.8 Å². The summed E-state index contributed by atoms with van der Waals surface area (Å²) >= 11 is 0. The zero-order chi connectivity index (χ0) is 20.9. The van der Waals surface area contributed by atoms with Crippen molar-refractivity contribution in [2.75, 3.05) is 38.2 Å². The molecule has 2 unspecified atom stereocenters. The van der Waals surface area contributed by atoms with Gasteiger partial charge in [0.1, 0.15) is 17.0 Å². The largest absolute Gasteiger partial charge is 0.495 e. The van der Waals surface area contributed by atoms with Gasteiger partial charge in [-0.3, -0.25) is 0 Å². The second-order valence-corrected chi connectivity index (χ2v) is 9.70.